The van der Waals surface area contributed by atoms with E-state index in [0.717, 1.165) is 61.3 Å². The molecule has 8 heteroatoms. The molecular formula is C31H30F3N3O2. The summed E-state index contributed by atoms with van der Waals surface area (Å²) < 4.78 is 41.2. The van der Waals surface area contributed by atoms with Crippen LogP contribution >= 0.6 is 0 Å². The van der Waals surface area contributed by atoms with Crippen LogP contribution in [-0.2, 0) is 26.2 Å². The molecule has 202 valence electrons. The number of hydrogen-bond donors (Lipinski definition) is 0. The molecule has 0 unspecified atom stereocenters. The van der Waals surface area contributed by atoms with Crippen molar-refractivity contribution in [3.8, 4) is 11.8 Å². The Balaban J connectivity index is 1.17. The minimum Gasteiger partial charge on any atom is -0.406 e. The Morgan fingerprint density at radius 3 is 2.18 bits per heavy atom. The van der Waals surface area contributed by atoms with E-state index in [1.54, 1.807) is 12.1 Å². The molecule has 2 aliphatic heterocycles. The van der Waals surface area contributed by atoms with Crippen molar-refractivity contribution < 1.29 is 22.7 Å². The maximum absolute atomic E-state index is 13.4. The van der Waals surface area contributed by atoms with Crippen molar-refractivity contribution in [2.45, 2.75) is 52.3 Å². The molecule has 3 aromatic carbocycles. The third-order valence-electron chi connectivity index (χ3n) is 7.64. The molecule has 0 saturated carbocycles. The van der Waals surface area contributed by atoms with Crippen LogP contribution < -0.4 is 4.74 Å². The molecule has 5 nitrogen and oxygen atoms in total. The summed E-state index contributed by atoms with van der Waals surface area (Å²) in [5.74, 6) is -0.0118. The molecule has 0 N–H and O–H groups in total. The molecule has 0 spiro atoms. The van der Waals surface area contributed by atoms with Gasteiger partial charge in [-0.2, -0.15) is 5.26 Å². The number of halogens is 3. The fourth-order valence-corrected chi connectivity index (χ4v) is 5.62. The van der Waals surface area contributed by atoms with Crippen molar-refractivity contribution in [1.29, 1.82) is 5.26 Å². The number of benzene rings is 3. The van der Waals surface area contributed by atoms with Gasteiger partial charge in [0.25, 0.3) is 0 Å². The molecule has 0 aliphatic carbocycles. The van der Waals surface area contributed by atoms with E-state index in [-0.39, 0.29) is 17.5 Å². The van der Waals surface area contributed by atoms with E-state index in [1.807, 2.05) is 43.3 Å². The highest BCUT2D eigenvalue weighted by Gasteiger charge is 2.31. The smallest absolute Gasteiger partial charge is 0.406 e. The summed E-state index contributed by atoms with van der Waals surface area (Å²) in [6.45, 7) is 6.62. The lowest BCUT2D eigenvalue weighted by molar-refractivity contribution is -0.274. The van der Waals surface area contributed by atoms with Gasteiger partial charge in [0.2, 0.25) is 0 Å². The van der Waals surface area contributed by atoms with Crippen molar-refractivity contribution in [2.75, 3.05) is 13.1 Å². The Morgan fingerprint density at radius 1 is 0.949 bits per heavy atom. The molecular weight excluding hydrogens is 503 g/mol. The molecule has 0 aromatic heterocycles. The summed E-state index contributed by atoms with van der Waals surface area (Å²) in [6.07, 6.45) is -3.05. The van der Waals surface area contributed by atoms with Crippen LogP contribution in [0.5, 0.6) is 5.75 Å². The van der Waals surface area contributed by atoms with Crippen LogP contribution in [0.25, 0.3) is 0 Å². The van der Waals surface area contributed by atoms with Gasteiger partial charge in [-0.05, 0) is 97.1 Å². The second kappa shape index (κ2) is 11.2. The molecule has 1 saturated heterocycles. The predicted octanol–water partition coefficient (Wildman–Crippen LogP) is 6.38. The number of carbonyl (C=O) groups is 1. The second-order valence-corrected chi connectivity index (χ2v) is 10.5. The number of fused-ring (bicyclic) bond motifs is 1. The summed E-state index contributed by atoms with van der Waals surface area (Å²) in [4.78, 5) is 18.0. The molecule has 5 rings (SSSR count). The largest absolute Gasteiger partial charge is 0.573 e. The maximum atomic E-state index is 13.4. The Kier molecular flexibility index (Phi) is 7.74. The number of nitrogens with zero attached hydrogens (tertiary/aromatic N) is 3. The SMILES string of the molecule is Cc1cc(C(=O)C2CCN(Cc3ccc(C#N)cc3)CC2)cc2c1CN(Cc1ccc(OC(F)(F)F)cc1)C2. The molecule has 0 radical (unpaired) electrons. The number of likely N-dealkylation sites (tertiary alicyclic amines) is 1. The average molecular weight is 534 g/mol. The minimum absolute atomic E-state index is 0.00889. The number of nitriles is 1. The fraction of sp³-hybridized carbons (Fsp3) is 0.355. The summed E-state index contributed by atoms with van der Waals surface area (Å²) in [6, 6.07) is 19.8. The lowest BCUT2D eigenvalue weighted by Crippen LogP contribution is -2.36. The number of ketones is 1. The quantitative estimate of drug-likeness (QED) is 0.330. The second-order valence-electron chi connectivity index (χ2n) is 10.5. The number of carbonyl (C=O) groups excluding carboxylic acids is 1. The van der Waals surface area contributed by atoms with Gasteiger partial charge < -0.3 is 4.74 Å². The third kappa shape index (κ3) is 6.67. The van der Waals surface area contributed by atoms with E-state index >= 15 is 0 Å². The van der Waals surface area contributed by atoms with E-state index < -0.39 is 6.36 Å². The van der Waals surface area contributed by atoms with Gasteiger partial charge in [-0.15, -0.1) is 13.2 Å². The molecule has 0 bridgehead atoms. The molecule has 1 fully saturated rings. The number of rotatable bonds is 7. The van der Waals surface area contributed by atoms with Gasteiger partial charge in [0.15, 0.2) is 5.78 Å². The average Bonchev–Trinajstić information content (AvgIpc) is 3.32. The first kappa shape index (κ1) is 26.9. The highest BCUT2D eigenvalue weighted by molar-refractivity contribution is 5.98. The van der Waals surface area contributed by atoms with Crippen molar-refractivity contribution in [2.24, 2.45) is 5.92 Å². The third-order valence-corrected chi connectivity index (χ3v) is 7.64. The number of aryl methyl sites for hydroxylation is 1. The first-order valence-electron chi connectivity index (χ1n) is 13.1. The topological polar surface area (TPSA) is 56.6 Å². The zero-order chi connectivity index (χ0) is 27.6. The normalized spacial score (nSPS) is 16.6. The summed E-state index contributed by atoms with van der Waals surface area (Å²) in [7, 11) is 0. The van der Waals surface area contributed by atoms with Crippen molar-refractivity contribution in [3.05, 3.63) is 99.6 Å². The lowest BCUT2D eigenvalue weighted by atomic mass is 9.87. The minimum atomic E-state index is -4.70. The summed E-state index contributed by atoms with van der Waals surface area (Å²) in [5, 5.41) is 8.98. The number of alkyl halides is 3. The predicted molar refractivity (Wildman–Crippen MR) is 141 cm³/mol. The number of ether oxygens (including phenoxy) is 1. The number of hydrogen-bond acceptors (Lipinski definition) is 5. The lowest BCUT2D eigenvalue weighted by Gasteiger charge is -2.31. The standard InChI is InChI=1S/C31H30F3N3O2/c1-21-14-26(30(38)25-10-12-36(13-11-25)17-23-4-2-22(16-35)3-5-23)15-27-19-37(20-29(21)27)18-24-6-8-28(9-7-24)39-31(32,33)34/h2-9,14-15,25H,10-13,17-20H2,1H3. The monoisotopic (exact) mass is 533 g/mol. The fourth-order valence-electron chi connectivity index (χ4n) is 5.62. The van der Waals surface area contributed by atoms with Crippen LogP contribution in [0.2, 0.25) is 0 Å². The maximum Gasteiger partial charge on any atom is 0.573 e. The molecule has 3 aromatic rings. The van der Waals surface area contributed by atoms with Crippen LogP contribution in [0.1, 0.15) is 56.6 Å². The van der Waals surface area contributed by atoms with Gasteiger partial charge in [0, 0.05) is 37.7 Å². The first-order valence-corrected chi connectivity index (χ1v) is 13.1. The molecule has 0 amide bonds. The van der Waals surface area contributed by atoms with E-state index in [0.29, 0.717) is 18.7 Å². The Hall–Kier alpha value is -3.67. The number of Topliss-reactive ketones (excluding diaryl/α,β-unsaturated/α-hetero) is 1. The van der Waals surface area contributed by atoms with Crippen molar-refractivity contribution in [3.63, 3.8) is 0 Å². The zero-order valence-electron chi connectivity index (χ0n) is 21.8. The van der Waals surface area contributed by atoms with Gasteiger partial charge >= 0.3 is 6.36 Å². The summed E-state index contributed by atoms with van der Waals surface area (Å²) in [5.41, 5.74) is 6.97. The molecule has 2 heterocycles. The molecule has 39 heavy (non-hydrogen) atoms. The van der Waals surface area contributed by atoms with Gasteiger partial charge in [-0.1, -0.05) is 24.3 Å². The van der Waals surface area contributed by atoms with E-state index in [1.165, 1.54) is 23.3 Å². The molecule has 0 atom stereocenters. The van der Waals surface area contributed by atoms with Crippen LogP contribution in [0.15, 0.2) is 60.7 Å². The Labute approximate surface area is 226 Å². The van der Waals surface area contributed by atoms with E-state index in [9.17, 15) is 18.0 Å². The Bertz CT molecular complexity index is 1370. The van der Waals surface area contributed by atoms with Crippen molar-refractivity contribution in [1.82, 2.24) is 9.80 Å². The van der Waals surface area contributed by atoms with Gasteiger partial charge in [-0.25, -0.2) is 0 Å². The van der Waals surface area contributed by atoms with Crippen molar-refractivity contribution >= 4 is 5.78 Å². The highest BCUT2D eigenvalue weighted by atomic mass is 19.4. The first-order chi connectivity index (χ1) is 18.7. The molecule has 2 aliphatic rings. The highest BCUT2D eigenvalue weighted by Crippen LogP contribution is 2.31. The van der Waals surface area contributed by atoms with Gasteiger partial charge in [0.05, 0.1) is 11.6 Å². The number of piperidine rings is 1. The van der Waals surface area contributed by atoms with Gasteiger partial charge in [0.1, 0.15) is 5.75 Å². The van der Waals surface area contributed by atoms with Crippen LogP contribution in [0, 0.1) is 24.2 Å². The van der Waals surface area contributed by atoms with Crippen LogP contribution in [0.4, 0.5) is 13.2 Å². The Morgan fingerprint density at radius 2 is 1.56 bits per heavy atom. The van der Waals surface area contributed by atoms with Gasteiger partial charge in [-0.3, -0.25) is 14.6 Å². The van der Waals surface area contributed by atoms with E-state index in [2.05, 4.69) is 20.6 Å². The van der Waals surface area contributed by atoms with Crippen LogP contribution in [0.3, 0.4) is 0 Å². The van der Waals surface area contributed by atoms with E-state index in [4.69, 9.17) is 5.26 Å². The summed E-state index contributed by atoms with van der Waals surface area (Å²) >= 11 is 0. The zero-order valence-corrected chi connectivity index (χ0v) is 21.8. The van der Waals surface area contributed by atoms with Crippen LogP contribution in [-0.4, -0.2) is 35.0 Å².